The number of aromatic nitrogens is 6. The van der Waals surface area contributed by atoms with Crippen LogP contribution in [0.15, 0.2) is 16.9 Å². The van der Waals surface area contributed by atoms with E-state index in [2.05, 4.69) is 41.3 Å². The standard InChI is InChI=1S/C12H9BrF3N7O/c1-4(11-20-22-23(21-11)12(15)16)24-6-2-5(14)8(13)9-7(6)10(17)19-3-18-9/h2-4,12H,1H3,(H2,17,18,19)/t4-/m1/s1. The van der Waals surface area contributed by atoms with Crippen molar-refractivity contribution in [2.45, 2.75) is 19.6 Å². The number of fused-ring (bicyclic) bond motifs is 1. The molecule has 0 unspecified atom stereocenters. The van der Waals surface area contributed by atoms with Gasteiger partial charge in [-0.25, -0.2) is 14.4 Å². The van der Waals surface area contributed by atoms with E-state index in [-0.39, 0.29) is 37.6 Å². The van der Waals surface area contributed by atoms with E-state index in [1.165, 1.54) is 13.3 Å². The smallest absolute Gasteiger partial charge is 0.350 e. The van der Waals surface area contributed by atoms with Crippen LogP contribution in [0.4, 0.5) is 19.0 Å². The predicted octanol–water partition coefficient (Wildman–Crippen LogP) is 2.64. The van der Waals surface area contributed by atoms with Crippen molar-refractivity contribution in [2.75, 3.05) is 5.73 Å². The average Bonchev–Trinajstić information content (AvgIpc) is 3.02. The van der Waals surface area contributed by atoms with E-state index in [1.54, 1.807) is 0 Å². The molecule has 0 aliphatic heterocycles. The molecule has 1 atom stereocenters. The van der Waals surface area contributed by atoms with Gasteiger partial charge in [-0.05, 0) is 28.1 Å². The Kier molecular flexibility index (Phi) is 4.22. The van der Waals surface area contributed by atoms with Crippen LogP contribution in [-0.2, 0) is 0 Å². The van der Waals surface area contributed by atoms with Gasteiger partial charge >= 0.3 is 6.55 Å². The molecule has 2 aromatic heterocycles. The lowest BCUT2D eigenvalue weighted by Gasteiger charge is -2.15. The fourth-order valence-corrected chi connectivity index (χ4v) is 2.41. The van der Waals surface area contributed by atoms with Crippen molar-refractivity contribution < 1.29 is 17.9 Å². The Balaban J connectivity index is 2.01. The highest BCUT2D eigenvalue weighted by molar-refractivity contribution is 9.10. The van der Waals surface area contributed by atoms with Gasteiger partial charge < -0.3 is 10.5 Å². The van der Waals surface area contributed by atoms with Gasteiger partial charge in [0.05, 0.1) is 15.4 Å². The van der Waals surface area contributed by atoms with Crippen LogP contribution >= 0.6 is 15.9 Å². The van der Waals surface area contributed by atoms with Crippen LogP contribution in [0.25, 0.3) is 10.9 Å². The predicted molar refractivity (Wildman–Crippen MR) is 79.7 cm³/mol. The molecule has 8 nitrogen and oxygen atoms in total. The Morgan fingerprint density at radius 2 is 2.08 bits per heavy atom. The number of nitrogen functional groups attached to an aromatic ring is 1. The highest BCUT2D eigenvalue weighted by Gasteiger charge is 2.21. The molecule has 0 spiro atoms. The minimum atomic E-state index is -2.92. The number of nitrogens with two attached hydrogens (primary N) is 1. The van der Waals surface area contributed by atoms with Crippen LogP contribution in [-0.4, -0.2) is 30.2 Å². The first kappa shape index (κ1) is 16.4. The van der Waals surface area contributed by atoms with Crippen molar-refractivity contribution in [1.82, 2.24) is 30.2 Å². The van der Waals surface area contributed by atoms with Crippen LogP contribution in [0.3, 0.4) is 0 Å². The topological polar surface area (TPSA) is 105 Å². The van der Waals surface area contributed by atoms with Gasteiger partial charge in [0.2, 0.25) is 5.82 Å². The quantitative estimate of drug-likeness (QED) is 0.713. The molecule has 3 aromatic rings. The van der Waals surface area contributed by atoms with E-state index in [0.29, 0.717) is 0 Å². The SMILES string of the molecule is C[C@@H](Oc1cc(F)c(Br)c2ncnc(N)c12)c1nnn(C(F)F)n1. The van der Waals surface area contributed by atoms with E-state index < -0.39 is 18.5 Å². The molecule has 3 rings (SSSR count). The second-order valence-electron chi connectivity index (χ2n) is 4.66. The molecule has 2 N–H and O–H groups in total. The fraction of sp³-hybridized carbons (Fsp3) is 0.250. The zero-order chi connectivity index (χ0) is 17.4. The molecule has 1 aromatic carbocycles. The Hall–Kier alpha value is -2.50. The molecule has 0 aliphatic carbocycles. The summed E-state index contributed by atoms with van der Waals surface area (Å²) in [6, 6.07) is 1.08. The van der Waals surface area contributed by atoms with Crippen LogP contribution < -0.4 is 10.5 Å². The first-order chi connectivity index (χ1) is 11.4. The molecular formula is C12H9BrF3N7O. The number of hydrogen-bond donors (Lipinski definition) is 1. The minimum absolute atomic E-state index is 0.0321. The Morgan fingerprint density at radius 3 is 2.75 bits per heavy atom. The largest absolute Gasteiger partial charge is 0.482 e. The molecule has 0 aliphatic rings. The van der Waals surface area contributed by atoms with Crippen molar-refractivity contribution in [1.29, 1.82) is 0 Å². The van der Waals surface area contributed by atoms with Gasteiger partial charge in [0.25, 0.3) is 0 Å². The minimum Gasteiger partial charge on any atom is -0.482 e. The highest BCUT2D eigenvalue weighted by Crippen LogP contribution is 2.37. The third-order valence-electron chi connectivity index (χ3n) is 3.08. The molecule has 0 saturated heterocycles. The molecule has 12 heteroatoms. The highest BCUT2D eigenvalue weighted by atomic mass is 79.9. The van der Waals surface area contributed by atoms with Crippen molar-refractivity contribution in [2.24, 2.45) is 0 Å². The van der Waals surface area contributed by atoms with Crippen molar-refractivity contribution in [3.8, 4) is 5.75 Å². The van der Waals surface area contributed by atoms with E-state index in [0.717, 1.165) is 6.07 Å². The number of rotatable bonds is 4. The number of nitrogens with zero attached hydrogens (tertiary/aromatic N) is 6. The van der Waals surface area contributed by atoms with Gasteiger partial charge in [0.15, 0.2) is 6.10 Å². The second-order valence-corrected chi connectivity index (χ2v) is 5.45. The summed E-state index contributed by atoms with van der Waals surface area (Å²) in [5, 5.41) is 10.5. The summed E-state index contributed by atoms with van der Waals surface area (Å²) in [5.74, 6) is -0.619. The fourth-order valence-electron chi connectivity index (χ4n) is 1.99. The first-order valence-corrected chi connectivity index (χ1v) is 7.30. The number of alkyl halides is 2. The summed E-state index contributed by atoms with van der Waals surface area (Å²) in [6.07, 6.45) is 0.297. The zero-order valence-corrected chi connectivity index (χ0v) is 13.6. The molecule has 0 bridgehead atoms. The number of anilines is 1. The summed E-state index contributed by atoms with van der Waals surface area (Å²) in [7, 11) is 0. The Bertz CT molecular complexity index is 904. The summed E-state index contributed by atoms with van der Waals surface area (Å²) in [6.45, 7) is -1.42. The molecule has 126 valence electrons. The number of benzene rings is 1. The molecule has 0 amide bonds. The Morgan fingerprint density at radius 1 is 1.33 bits per heavy atom. The van der Waals surface area contributed by atoms with Crippen LogP contribution in [0.5, 0.6) is 5.75 Å². The molecule has 0 radical (unpaired) electrons. The van der Waals surface area contributed by atoms with Crippen molar-refractivity contribution in [3.63, 3.8) is 0 Å². The van der Waals surface area contributed by atoms with E-state index in [1.807, 2.05) is 0 Å². The van der Waals surface area contributed by atoms with Crippen LogP contribution in [0, 0.1) is 5.82 Å². The van der Waals surface area contributed by atoms with Gasteiger partial charge in [0, 0.05) is 6.07 Å². The van der Waals surface area contributed by atoms with Gasteiger partial charge in [-0.2, -0.15) is 8.78 Å². The second kappa shape index (κ2) is 6.19. The third-order valence-corrected chi connectivity index (χ3v) is 3.84. The van der Waals surface area contributed by atoms with Crippen LogP contribution in [0.1, 0.15) is 25.4 Å². The van der Waals surface area contributed by atoms with Crippen molar-refractivity contribution in [3.05, 3.63) is 28.5 Å². The number of hydrogen-bond acceptors (Lipinski definition) is 7. The molecule has 0 saturated carbocycles. The number of tetrazole rings is 1. The maximum absolute atomic E-state index is 14.0. The molecule has 0 fully saturated rings. The molecule has 2 heterocycles. The maximum atomic E-state index is 14.0. The third kappa shape index (κ3) is 2.84. The van der Waals surface area contributed by atoms with E-state index >= 15 is 0 Å². The summed E-state index contributed by atoms with van der Waals surface area (Å²) >= 11 is 3.08. The lowest BCUT2D eigenvalue weighted by Crippen LogP contribution is -2.09. The van der Waals surface area contributed by atoms with Crippen molar-refractivity contribution >= 4 is 32.7 Å². The average molecular weight is 404 g/mol. The maximum Gasteiger partial charge on any atom is 0.350 e. The zero-order valence-electron chi connectivity index (χ0n) is 12.0. The van der Waals surface area contributed by atoms with Gasteiger partial charge in [-0.1, -0.05) is 4.80 Å². The normalized spacial score (nSPS) is 12.8. The lowest BCUT2D eigenvalue weighted by atomic mass is 10.2. The van der Waals surface area contributed by atoms with E-state index in [9.17, 15) is 13.2 Å². The van der Waals surface area contributed by atoms with Gasteiger partial charge in [0.1, 0.15) is 23.7 Å². The summed E-state index contributed by atoms with van der Waals surface area (Å²) in [4.78, 5) is 7.95. The van der Waals surface area contributed by atoms with E-state index in [4.69, 9.17) is 10.5 Å². The number of halogens is 4. The van der Waals surface area contributed by atoms with Gasteiger partial charge in [-0.3, -0.25) is 0 Å². The molecular weight excluding hydrogens is 395 g/mol. The molecule has 24 heavy (non-hydrogen) atoms. The Labute approximate surface area is 141 Å². The number of ether oxygens (including phenoxy) is 1. The first-order valence-electron chi connectivity index (χ1n) is 6.51. The van der Waals surface area contributed by atoms with Gasteiger partial charge in [-0.15, -0.1) is 10.2 Å². The summed E-state index contributed by atoms with van der Waals surface area (Å²) in [5.41, 5.74) is 6.03. The summed E-state index contributed by atoms with van der Waals surface area (Å²) < 4.78 is 44.7. The monoisotopic (exact) mass is 403 g/mol. The lowest BCUT2D eigenvalue weighted by molar-refractivity contribution is 0.0389. The van der Waals surface area contributed by atoms with Crippen LogP contribution in [0.2, 0.25) is 0 Å².